The molecule has 6 heteroatoms. The molecule has 0 spiro atoms. The Kier molecular flexibility index (Phi) is 7.11. The normalized spacial score (nSPS) is 14.8. The Hall–Kier alpha value is -4.03. The Balaban J connectivity index is 1.40. The van der Waals surface area contributed by atoms with Crippen LogP contribution in [0.15, 0.2) is 60.7 Å². The number of hydrogen-bond donors (Lipinski definition) is 1. The van der Waals surface area contributed by atoms with Gasteiger partial charge in [-0.1, -0.05) is 36.4 Å². The molecule has 6 rings (SSSR count). The van der Waals surface area contributed by atoms with Gasteiger partial charge < -0.3 is 9.84 Å². The number of nitrogens with zero attached hydrogens (tertiary/aromatic N) is 2. The first-order valence-electron chi connectivity index (χ1n) is 13.9. The molecule has 2 aliphatic rings. The Morgan fingerprint density at radius 3 is 2.48 bits per heavy atom. The first-order chi connectivity index (χ1) is 19.4. The second-order valence-electron chi connectivity index (χ2n) is 10.9. The summed E-state index contributed by atoms with van der Waals surface area (Å²) in [6.45, 7) is 7.18. The van der Waals surface area contributed by atoms with Crippen LogP contribution in [0.3, 0.4) is 0 Å². The van der Waals surface area contributed by atoms with Gasteiger partial charge in [-0.05, 0) is 102 Å². The number of aromatic nitrogens is 1. The summed E-state index contributed by atoms with van der Waals surface area (Å²) in [4.78, 5) is 19.2. The average Bonchev–Trinajstić information content (AvgIpc) is 2.95. The van der Waals surface area contributed by atoms with Crippen molar-refractivity contribution >= 4 is 5.97 Å². The van der Waals surface area contributed by atoms with Gasteiger partial charge in [-0.3, -0.25) is 14.7 Å². The minimum atomic E-state index is -0.867. The maximum absolute atomic E-state index is 13.3. The zero-order chi connectivity index (χ0) is 27.8. The van der Waals surface area contributed by atoms with Gasteiger partial charge in [0.05, 0.1) is 13.0 Å². The number of benzene rings is 3. The Labute approximate surface area is 234 Å². The molecule has 1 aromatic heterocycles. The van der Waals surface area contributed by atoms with Crippen molar-refractivity contribution in [1.82, 2.24) is 9.88 Å². The lowest BCUT2D eigenvalue weighted by Gasteiger charge is -2.29. The lowest BCUT2D eigenvalue weighted by Crippen LogP contribution is -2.30. The van der Waals surface area contributed by atoms with E-state index in [-0.39, 0.29) is 12.2 Å². The molecule has 0 saturated carbocycles. The van der Waals surface area contributed by atoms with E-state index in [9.17, 15) is 14.3 Å². The van der Waals surface area contributed by atoms with Crippen LogP contribution in [-0.4, -0.2) is 34.1 Å². The zero-order valence-electron chi connectivity index (χ0n) is 23.0. The highest BCUT2D eigenvalue weighted by molar-refractivity contribution is 5.90. The Morgan fingerprint density at radius 1 is 0.925 bits per heavy atom. The Bertz CT molecular complexity index is 1600. The monoisotopic (exact) mass is 536 g/mol. The summed E-state index contributed by atoms with van der Waals surface area (Å²) in [5.41, 5.74) is 11.3. The summed E-state index contributed by atoms with van der Waals surface area (Å²) < 4.78 is 19.2. The van der Waals surface area contributed by atoms with Crippen molar-refractivity contribution in [3.63, 3.8) is 0 Å². The summed E-state index contributed by atoms with van der Waals surface area (Å²) in [5.74, 6) is -0.164. The largest absolute Gasteiger partial charge is 0.493 e. The van der Waals surface area contributed by atoms with Crippen LogP contribution in [0.25, 0.3) is 22.3 Å². The van der Waals surface area contributed by atoms with Crippen LogP contribution in [0.1, 0.15) is 45.6 Å². The molecule has 0 fully saturated rings. The van der Waals surface area contributed by atoms with E-state index >= 15 is 0 Å². The number of aryl methyl sites for hydroxylation is 3. The molecule has 1 N–H and O–H groups in total. The third kappa shape index (κ3) is 5.24. The van der Waals surface area contributed by atoms with Crippen LogP contribution < -0.4 is 4.74 Å². The molecule has 0 amide bonds. The molecule has 0 aliphatic carbocycles. The molecule has 0 atom stereocenters. The van der Waals surface area contributed by atoms with Crippen LogP contribution in [0.2, 0.25) is 0 Å². The van der Waals surface area contributed by atoms with E-state index in [1.807, 2.05) is 32.0 Å². The van der Waals surface area contributed by atoms with Crippen molar-refractivity contribution in [2.45, 2.75) is 52.6 Å². The van der Waals surface area contributed by atoms with E-state index in [2.05, 4.69) is 35.2 Å². The number of carbonyl (C=O) groups is 1. The Morgan fingerprint density at radius 2 is 1.68 bits per heavy atom. The molecule has 0 bridgehead atoms. The van der Waals surface area contributed by atoms with E-state index in [0.29, 0.717) is 0 Å². The molecule has 0 radical (unpaired) electrons. The van der Waals surface area contributed by atoms with Gasteiger partial charge in [-0.25, -0.2) is 4.39 Å². The van der Waals surface area contributed by atoms with Gasteiger partial charge in [0.1, 0.15) is 11.6 Å². The fraction of sp³-hybridized carbons (Fsp3) is 0.294. The predicted molar refractivity (Wildman–Crippen MR) is 154 cm³/mol. The number of aliphatic carboxylic acids is 1. The van der Waals surface area contributed by atoms with Crippen LogP contribution in [0, 0.1) is 19.7 Å². The van der Waals surface area contributed by atoms with Gasteiger partial charge in [0.15, 0.2) is 0 Å². The standard InChI is InChI=1S/C34H33FN2O3/c1-21-30(18-32(38)39)34(27-9-12-31-25(17-27)4-3-15-40-31)33(22(2)36-21)26-7-8-28-20-37(14-13-24(28)16-26)19-23-5-10-29(35)11-6-23/h5-12,16-17H,3-4,13-15,18-20H2,1-2H3,(H,38,39). The summed E-state index contributed by atoms with van der Waals surface area (Å²) in [6.07, 6.45) is 2.75. The van der Waals surface area contributed by atoms with Gasteiger partial charge in [-0.15, -0.1) is 0 Å². The number of fused-ring (bicyclic) bond motifs is 2. The molecule has 0 saturated heterocycles. The summed E-state index contributed by atoms with van der Waals surface area (Å²) in [7, 11) is 0. The second-order valence-corrected chi connectivity index (χ2v) is 10.9. The maximum atomic E-state index is 13.3. The molecule has 2 aliphatic heterocycles. The van der Waals surface area contributed by atoms with Gasteiger partial charge >= 0.3 is 5.97 Å². The van der Waals surface area contributed by atoms with Gasteiger partial charge in [-0.2, -0.15) is 0 Å². The highest BCUT2D eigenvalue weighted by atomic mass is 19.1. The molecule has 40 heavy (non-hydrogen) atoms. The quantitative estimate of drug-likeness (QED) is 0.298. The molecule has 3 heterocycles. The van der Waals surface area contributed by atoms with Gasteiger partial charge in [0, 0.05) is 36.6 Å². The first-order valence-corrected chi connectivity index (χ1v) is 13.9. The van der Waals surface area contributed by atoms with Crippen LogP contribution in [0.4, 0.5) is 4.39 Å². The zero-order valence-corrected chi connectivity index (χ0v) is 23.0. The average molecular weight is 537 g/mol. The predicted octanol–water partition coefficient (Wildman–Crippen LogP) is 6.68. The number of hydrogen-bond acceptors (Lipinski definition) is 4. The molecular formula is C34H33FN2O3. The highest BCUT2D eigenvalue weighted by Crippen LogP contribution is 2.41. The minimum absolute atomic E-state index is 0.0850. The van der Waals surface area contributed by atoms with Crippen molar-refractivity contribution in [3.8, 4) is 28.0 Å². The van der Waals surface area contributed by atoms with E-state index in [1.165, 1.54) is 23.3 Å². The van der Waals surface area contributed by atoms with E-state index in [4.69, 9.17) is 9.72 Å². The molecule has 204 valence electrons. The second kappa shape index (κ2) is 10.9. The number of carboxylic acid groups (broad SMARTS) is 1. The van der Waals surface area contributed by atoms with Crippen molar-refractivity contribution < 1.29 is 19.0 Å². The summed E-state index contributed by atoms with van der Waals surface area (Å²) >= 11 is 0. The summed E-state index contributed by atoms with van der Waals surface area (Å²) in [5, 5.41) is 9.82. The van der Waals surface area contributed by atoms with Crippen molar-refractivity contribution in [2.75, 3.05) is 13.2 Å². The highest BCUT2D eigenvalue weighted by Gasteiger charge is 2.24. The number of ether oxygens (including phenoxy) is 1. The van der Waals surface area contributed by atoms with E-state index < -0.39 is 5.97 Å². The van der Waals surface area contributed by atoms with Crippen LogP contribution in [0.5, 0.6) is 5.75 Å². The number of rotatable bonds is 6. The number of halogens is 1. The molecule has 0 unspecified atom stereocenters. The third-order valence-corrected chi connectivity index (χ3v) is 8.12. The molecule has 3 aromatic carbocycles. The van der Waals surface area contributed by atoms with Crippen molar-refractivity contribution in [3.05, 3.63) is 106 Å². The van der Waals surface area contributed by atoms with Gasteiger partial charge in [0.25, 0.3) is 0 Å². The lowest BCUT2D eigenvalue weighted by atomic mass is 9.85. The molecule has 5 nitrogen and oxygen atoms in total. The first kappa shape index (κ1) is 26.2. The van der Waals surface area contributed by atoms with E-state index in [1.54, 1.807) is 0 Å². The van der Waals surface area contributed by atoms with Crippen molar-refractivity contribution in [1.29, 1.82) is 0 Å². The lowest BCUT2D eigenvalue weighted by molar-refractivity contribution is -0.136. The van der Waals surface area contributed by atoms with Gasteiger partial charge in [0.2, 0.25) is 0 Å². The van der Waals surface area contributed by atoms with Crippen molar-refractivity contribution in [2.24, 2.45) is 0 Å². The van der Waals surface area contributed by atoms with Crippen LogP contribution in [-0.2, 0) is 37.1 Å². The number of pyridine rings is 1. The molecular weight excluding hydrogens is 503 g/mol. The van der Waals surface area contributed by atoms with E-state index in [0.717, 1.165) is 102 Å². The SMILES string of the molecule is Cc1nc(C)c(-c2ccc3c(c2)CCN(Cc2ccc(F)cc2)C3)c(-c2ccc3c(c2)CCCO3)c1CC(=O)O. The fourth-order valence-electron chi connectivity index (χ4n) is 6.19. The van der Waals surface area contributed by atoms with Crippen LogP contribution >= 0.6 is 0 Å². The number of carboxylic acids is 1. The maximum Gasteiger partial charge on any atom is 0.307 e. The third-order valence-electron chi connectivity index (χ3n) is 8.12. The smallest absolute Gasteiger partial charge is 0.307 e. The topological polar surface area (TPSA) is 62.7 Å². The summed E-state index contributed by atoms with van der Waals surface area (Å²) in [6, 6.07) is 19.6. The minimum Gasteiger partial charge on any atom is -0.493 e. The molecule has 4 aromatic rings. The fourth-order valence-corrected chi connectivity index (χ4v) is 6.19.